The molecule has 0 radical (unpaired) electrons. The van der Waals surface area contributed by atoms with Crippen LogP contribution in [0.4, 0.5) is 14.6 Å². The Morgan fingerprint density at radius 2 is 1.97 bits per heavy atom. The normalized spacial score (nSPS) is 21.9. The molecule has 0 spiro atoms. The lowest BCUT2D eigenvalue weighted by Crippen LogP contribution is -2.29. The zero-order chi connectivity index (χ0) is 23.4. The van der Waals surface area contributed by atoms with Crippen molar-refractivity contribution in [2.24, 2.45) is 5.41 Å². The van der Waals surface area contributed by atoms with Gasteiger partial charge in [0.1, 0.15) is 17.7 Å². The van der Waals surface area contributed by atoms with Gasteiger partial charge in [0.25, 0.3) is 0 Å². The molecule has 1 saturated heterocycles. The third-order valence-electron chi connectivity index (χ3n) is 6.24. The zero-order valence-corrected chi connectivity index (χ0v) is 18.4. The van der Waals surface area contributed by atoms with Crippen molar-refractivity contribution >= 4 is 11.7 Å². The molecule has 1 amide bonds. The molecule has 1 unspecified atom stereocenters. The summed E-state index contributed by atoms with van der Waals surface area (Å²) in [6.45, 7) is 3.79. The third-order valence-corrected chi connectivity index (χ3v) is 6.24. The molecule has 2 aromatic heterocycles. The summed E-state index contributed by atoms with van der Waals surface area (Å²) in [5, 5.41) is 2.93. The summed E-state index contributed by atoms with van der Waals surface area (Å²) >= 11 is 0. The van der Waals surface area contributed by atoms with Crippen LogP contribution in [0.1, 0.15) is 30.5 Å². The van der Waals surface area contributed by atoms with Crippen molar-refractivity contribution in [3.8, 4) is 17.1 Å². The van der Waals surface area contributed by atoms with Gasteiger partial charge in [0.2, 0.25) is 11.8 Å². The summed E-state index contributed by atoms with van der Waals surface area (Å²) in [5.74, 6) is 0.829. The number of carbonyl (C=O) groups excluding carboxylic acids is 1. The van der Waals surface area contributed by atoms with Crippen molar-refractivity contribution in [3.63, 3.8) is 0 Å². The monoisotopic (exact) mass is 455 g/mol. The minimum absolute atomic E-state index is 0.0911. The number of halogens is 2. The summed E-state index contributed by atoms with van der Waals surface area (Å²) in [4.78, 5) is 22.3. The van der Waals surface area contributed by atoms with Crippen LogP contribution in [0.15, 0.2) is 47.7 Å². The number of nitrogens with zero attached hydrogens (tertiary/aromatic N) is 2. The maximum atomic E-state index is 13.4. The first-order valence-corrected chi connectivity index (χ1v) is 10.7. The van der Waals surface area contributed by atoms with E-state index < -0.39 is 17.8 Å². The summed E-state index contributed by atoms with van der Waals surface area (Å²) in [7, 11) is 1.56. The Labute approximate surface area is 189 Å². The highest BCUT2D eigenvalue weighted by Gasteiger charge is 2.56. The molecule has 0 bridgehead atoms. The highest BCUT2D eigenvalue weighted by Crippen LogP contribution is 2.56. The van der Waals surface area contributed by atoms with Gasteiger partial charge in [-0.15, -0.1) is 8.78 Å². The van der Waals surface area contributed by atoms with Crippen LogP contribution in [-0.2, 0) is 14.3 Å². The van der Waals surface area contributed by atoms with E-state index in [9.17, 15) is 13.6 Å². The Bertz CT molecular complexity index is 1200. The van der Waals surface area contributed by atoms with E-state index >= 15 is 0 Å². The number of aryl methyl sites for hydroxylation is 2. The number of allylic oxidation sites excluding steroid dienone is 2. The molecule has 9 heteroatoms. The third kappa shape index (κ3) is 3.97. The molecular weight excluding hydrogens is 432 g/mol. The molecule has 5 rings (SSSR count). The predicted molar refractivity (Wildman–Crippen MR) is 115 cm³/mol. The summed E-state index contributed by atoms with van der Waals surface area (Å²) in [6.07, 6.45) is 0.133. The highest BCUT2D eigenvalue weighted by molar-refractivity contribution is 5.99. The van der Waals surface area contributed by atoms with Gasteiger partial charge in [-0.3, -0.25) is 9.53 Å². The largest absolute Gasteiger partial charge is 0.535 e. The second-order valence-electron chi connectivity index (χ2n) is 8.57. The zero-order valence-electron chi connectivity index (χ0n) is 18.4. The quantitative estimate of drug-likeness (QED) is 0.706. The number of pyridine rings is 2. The number of rotatable bonds is 5. The van der Waals surface area contributed by atoms with Gasteiger partial charge in [0, 0.05) is 18.1 Å². The number of amides is 1. The molecule has 33 heavy (non-hydrogen) atoms. The molecule has 2 fully saturated rings. The molecule has 0 aromatic carbocycles. The maximum absolute atomic E-state index is 13.4. The van der Waals surface area contributed by atoms with Gasteiger partial charge in [0.05, 0.1) is 23.9 Å². The van der Waals surface area contributed by atoms with Gasteiger partial charge in [-0.2, -0.15) is 0 Å². The van der Waals surface area contributed by atoms with E-state index in [1.165, 1.54) is 6.08 Å². The van der Waals surface area contributed by atoms with Gasteiger partial charge >= 0.3 is 6.29 Å². The maximum Gasteiger partial charge on any atom is 0.535 e. The Kier molecular flexibility index (Phi) is 4.97. The lowest BCUT2D eigenvalue weighted by atomic mass is 9.86. The summed E-state index contributed by atoms with van der Waals surface area (Å²) < 4.78 is 41.2. The SMILES string of the molecule is COc1ccc(-c2cc(C)cc(NC(=O)C3(C4=CC=C5OC(F)(F)OC5C4)CC3)n2)c(C)n1. The molecule has 172 valence electrons. The fraction of sp³-hybridized carbons (Fsp3) is 0.375. The van der Waals surface area contributed by atoms with Crippen LogP contribution in [0.3, 0.4) is 0 Å². The van der Waals surface area contributed by atoms with Crippen LogP contribution in [0, 0.1) is 19.3 Å². The predicted octanol–water partition coefficient (Wildman–Crippen LogP) is 4.67. The first-order chi connectivity index (χ1) is 15.7. The number of hydrogen-bond donors (Lipinski definition) is 1. The molecule has 2 aromatic rings. The van der Waals surface area contributed by atoms with Crippen LogP contribution in [0.2, 0.25) is 0 Å². The molecule has 3 aliphatic rings. The Balaban J connectivity index is 1.37. The highest BCUT2D eigenvalue weighted by atomic mass is 19.3. The number of fused-ring (bicyclic) bond motifs is 1. The number of carbonyl (C=O) groups is 1. The van der Waals surface area contributed by atoms with Gasteiger partial charge in [-0.25, -0.2) is 9.97 Å². The number of ether oxygens (including phenoxy) is 3. The summed E-state index contributed by atoms with van der Waals surface area (Å²) in [6, 6.07) is 7.37. The van der Waals surface area contributed by atoms with E-state index in [0.29, 0.717) is 30.2 Å². The molecule has 2 aliphatic carbocycles. The second-order valence-corrected chi connectivity index (χ2v) is 8.57. The number of aromatic nitrogens is 2. The number of alkyl halides is 2. The minimum Gasteiger partial charge on any atom is -0.481 e. The topological polar surface area (TPSA) is 82.6 Å². The number of nitrogens with one attached hydrogen (secondary N) is 1. The van der Waals surface area contributed by atoms with Crippen LogP contribution < -0.4 is 10.1 Å². The molecular formula is C24H23F2N3O4. The van der Waals surface area contributed by atoms with Crippen molar-refractivity contribution in [2.45, 2.75) is 45.5 Å². The van der Waals surface area contributed by atoms with Crippen LogP contribution in [-0.4, -0.2) is 35.4 Å². The average molecular weight is 455 g/mol. The standard InChI is InChI=1S/C24H23F2N3O4/c1-13-10-17(16-5-7-21(31-3)27-14(16)2)28-20(11-13)29-22(30)23(8-9-23)15-4-6-18-19(12-15)33-24(25,26)32-18/h4-7,10-11,19H,8-9,12H2,1-3H3,(H,28,29,30). The van der Waals surface area contributed by atoms with E-state index in [-0.39, 0.29) is 18.1 Å². The van der Waals surface area contributed by atoms with Crippen LogP contribution in [0.25, 0.3) is 11.3 Å². The summed E-state index contributed by atoms with van der Waals surface area (Å²) in [5.41, 5.74) is 3.23. The number of hydrogen-bond acceptors (Lipinski definition) is 6. The van der Waals surface area contributed by atoms with Crippen molar-refractivity contribution < 1.29 is 27.8 Å². The van der Waals surface area contributed by atoms with Crippen molar-refractivity contribution in [1.29, 1.82) is 0 Å². The van der Waals surface area contributed by atoms with Crippen molar-refractivity contribution in [3.05, 3.63) is 59.0 Å². The molecule has 7 nitrogen and oxygen atoms in total. The van der Waals surface area contributed by atoms with Gasteiger partial charge in [-0.05, 0) is 56.5 Å². The van der Waals surface area contributed by atoms with E-state index in [4.69, 9.17) is 4.74 Å². The Hall–Kier alpha value is -3.33. The molecule has 1 saturated carbocycles. The first kappa shape index (κ1) is 21.5. The van der Waals surface area contributed by atoms with Gasteiger partial charge < -0.3 is 14.8 Å². The molecule has 1 N–H and O–H groups in total. The first-order valence-electron chi connectivity index (χ1n) is 10.7. The molecule has 1 atom stereocenters. The number of methoxy groups -OCH3 is 1. The molecule has 1 aliphatic heterocycles. The van der Waals surface area contributed by atoms with Crippen LogP contribution in [0.5, 0.6) is 5.88 Å². The average Bonchev–Trinajstić information content (AvgIpc) is 3.50. The fourth-order valence-electron chi connectivity index (χ4n) is 4.39. The molecule has 3 heterocycles. The van der Waals surface area contributed by atoms with E-state index in [2.05, 4.69) is 24.8 Å². The van der Waals surface area contributed by atoms with Crippen LogP contribution >= 0.6 is 0 Å². The number of anilines is 1. The van der Waals surface area contributed by atoms with Crippen molar-refractivity contribution in [2.75, 3.05) is 12.4 Å². The van der Waals surface area contributed by atoms with E-state index in [1.807, 2.05) is 26.0 Å². The van der Waals surface area contributed by atoms with Gasteiger partial charge in [0.15, 0.2) is 0 Å². The smallest absolute Gasteiger partial charge is 0.481 e. The van der Waals surface area contributed by atoms with Gasteiger partial charge in [-0.1, -0.05) is 11.6 Å². The minimum atomic E-state index is -3.63. The second kappa shape index (κ2) is 7.62. The van der Waals surface area contributed by atoms with E-state index in [0.717, 1.165) is 22.4 Å². The van der Waals surface area contributed by atoms with E-state index in [1.54, 1.807) is 25.3 Å². The Morgan fingerprint density at radius 3 is 2.67 bits per heavy atom. The fourth-order valence-corrected chi connectivity index (χ4v) is 4.39. The lowest BCUT2D eigenvalue weighted by Gasteiger charge is -2.23. The lowest BCUT2D eigenvalue weighted by molar-refractivity contribution is -0.341. The Morgan fingerprint density at radius 1 is 1.18 bits per heavy atom. The van der Waals surface area contributed by atoms with Crippen molar-refractivity contribution in [1.82, 2.24) is 9.97 Å².